The SMILES string of the molecule is Cc1cnc(C(=O)Nc2c(C)cccc2C(C)C)o1. The first-order chi connectivity index (χ1) is 8.99. The molecule has 1 aromatic heterocycles. The van der Waals surface area contributed by atoms with Crippen LogP contribution in [0.15, 0.2) is 28.8 Å². The highest BCUT2D eigenvalue weighted by atomic mass is 16.4. The second kappa shape index (κ2) is 5.26. The van der Waals surface area contributed by atoms with Crippen molar-refractivity contribution in [2.75, 3.05) is 5.32 Å². The Balaban J connectivity index is 2.31. The van der Waals surface area contributed by atoms with Gasteiger partial charge >= 0.3 is 5.91 Å². The average Bonchev–Trinajstić information content (AvgIpc) is 2.78. The minimum absolute atomic E-state index is 0.0930. The lowest BCUT2D eigenvalue weighted by molar-refractivity contribution is 0.0989. The predicted octanol–water partition coefficient (Wildman–Crippen LogP) is 3.67. The third-order valence-electron chi connectivity index (χ3n) is 2.98. The zero-order valence-corrected chi connectivity index (χ0v) is 11.7. The third kappa shape index (κ3) is 2.84. The molecule has 0 saturated carbocycles. The molecule has 1 N–H and O–H groups in total. The maximum atomic E-state index is 12.1. The topological polar surface area (TPSA) is 55.1 Å². The van der Waals surface area contributed by atoms with Crippen LogP contribution in [0.4, 0.5) is 5.69 Å². The molecule has 1 heterocycles. The number of amides is 1. The number of carbonyl (C=O) groups is 1. The number of benzene rings is 1. The molecule has 0 radical (unpaired) electrons. The second-order valence-corrected chi connectivity index (χ2v) is 4.92. The largest absolute Gasteiger partial charge is 0.438 e. The second-order valence-electron chi connectivity index (χ2n) is 4.92. The Morgan fingerprint density at radius 3 is 2.63 bits per heavy atom. The summed E-state index contributed by atoms with van der Waals surface area (Å²) in [6.07, 6.45) is 1.54. The first kappa shape index (κ1) is 13.3. The van der Waals surface area contributed by atoms with Crippen LogP contribution in [0.1, 0.15) is 47.3 Å². The maximum Gasteiger partial charge on any atom is 0.311 e. The molecule has 0 spiro atoms. The summed E-state index contributed by atoms with van der Waals surface area (Å²) in [7, 11) is 0. The van der Waals surface area contributed by atoms with E-state index < -0.39 is 0 Å². The molecule has 2 aromatic rings. The zero-order valence-electron chi connectivity index (χ0n) is 11.7. The molecule has 4 heteroatoms. The van der Waals surface area contributed by atoms with Gasteiger partial charge in [-0.2, -0.15) is 0 Å². The van der Waals surface area contributed by atoms with Crippen LogP contribution >= 0.6 is 0 Å². The average molecular weight is 258 g/mol. The summed E-state index contributed by atoms with van der Waals surface area (Å²) < 4.78 is 5.23. The Hall–Kier alpha value is -2.10. The van der Waals surface area contributed by atoms with Crippen molar-refractivity contribution in [1.82, 2.24) is 4.98 Å². The van der Waals surface area contributed by atoms with Crippen molar-refractivity contribution in [3.63, 3.8) is 0 Å². The zero-order chi connectivity index (χ0) is 14.0. The lowest BCUT2D eigenvalue weighted by atomic mass is 9.98. The Morgan fingerprint density at radius 2 is 2.05 bits per heavy atom. The van der Waals surface area contributed by atoms with Crippen molar-refractivity contribution in [2.24, 2.45) is 0 Å². The molecule has 2 rings (SSSR count). The molecular weight excluding hydrogens is 240 g/mol. The fourth-order valence-corrected chi connectivity index (χ4v) is 1.97. The maximum absolute atomic E-state index is 12.1. The number of rotatable bonds is 3. The molecule has 0 aliphatic heterocycles. The summed E-state index contributed by atoms with van der Waals surface area (Å²) in [6, 6.07) is 5.99. The van der Waals surface area contributed by atoms with Gasteiger partial charge < -0.3 is 9.73 Å². The van der Waals surface area contributed by atoms with E-state index >= 15 is 0 Å². The number of oxazole rings is 1. The lowest BCUT2D eigenvalue weighted by Gasteiger charge is -2.15. The van der Waals surface area contributed by atoms with Crippen LogP contribution in [0.3, 0.4) is 0 Å². The third-order valence-corrected chi connectivity index (χ3v) is 2.98. The summed E-state index contributed by atoms with van der Waals surface area (Å²) in [5, 5.41) is 2.89. The molecule has 0 bridgehead atoms. The number of nitrogens with zero attached hydrogens (tertiary/aromatic N) is 1. The highest BCUT2D eigenvalue weighted by Gasteiger charge is 2.16. The van der Waals surface area contributed by atoms with Gasteiger partial charge in [-0.25, -0.2) is 4.98 Å². The summed E-state index contributed by atoms with van der Waals surface area (Å²) in [5.41, 5.74) is 2.98. The molecule has 1 aromatic carbocycles. The Morgan fingerprint density at radius 1 is 1.32 bits per heavy atom. The minimum Gasteiger partial charge on any atom is -0.438 e. The number of hydrogen-bond donors (Lipinski definition) is 1. The van der Waals surface area contributed by atoms with Crippen molar-refractivity contribution in [2.45, 2.75) is 33.6 Å². The molecule has 1 amide bonds. The number of anilines is 1. The first-order valence-corrected chi connectivity index (χ1v) is 6.32. The van der Waals surface area contributed by atoms with Gasteiger partial charge in [-0.15, -0.1) is 0 Å². The van der Waals surface area contributed by atoms with Crippen LogP contribution in [-0.2, 0) is 0 Å². The van der Waals surface area contributed by atoms with Gasteiger partial charge in [-0.3, -0.25) is 4.79 Å². The Labute approximate surface area is 112 Å². The highest BCUT2D eigenvalue weighted by Crippen LogP contribution is 2.27. The fourth-order valence-electron chi connectivity index (χ4n) is 1.97. The number of aryl methyl sites for hydroxylation is 2. The van der Waals surface area contributed by atoms with Crippen molar-refractivity contribution in [3.05, 3.63) is 47.2 Å². The number of nitrogens with one attached hydrogen (secondary N) is 1. The normalized spacial score (nSPS) is 10.8. The molecule has 19 heavy (non-hydrogen) atoms. The van der Waals surface area contributed by atoms with Gasteiger partial charge in [0.25, 0.3) is 5.89 Å². The molecule has 0 saturated heterocycles. The van der Waals surface area contributed by atoms with E-state index in [9.17, 15) is 4.79 Å². The summed E-state index contributed by atoms with van der Waals surface area (Å²) in [6.45, 7) is 7.93. The monoisotopic (exact) mass is 258 g/mol. The molecule has 100 valence electrons. The predicted molar refractivity (Wildman–Crippen MR) is 74.5 cm³/mol. The van der Waals surface area contributed by atoms with Gasteiger partial charge in [0.05, 0.1) is 6.20 Å². The molecule has 0 atom stereocenters. The van der Waals surface area contributed by atoms with Crippen LogP contribution < -0.4 is 5.32 Å². The van der Waals surface area contributed by atoms with Gasteiger partial charge in [0, 0.05) is 5.69 Å². The Kier molecular flexibility index (Phi) is 3.69. The van der Waals surface area contributed by atoms with Crippen molar-refractivity contribution >= 4 is 11.6 Å². The van der Waals surface area contributed by atoms with Crippen LogP contribution in [0.2, 0.25) is 0 Å². The number of para-hydroxylation sites is 1. The van der Waals surface area contributed by atoms with Crippen molar-refractivity contribution in [1.29, 1.82) is 0 Å². The lowest BCUT2D eigenvalue weighted by Crippen LogP contribution is -2.15. The van der Waals surface area contributed by atoms with E-state index in [2.05, 4.69) is 24.1 Å². The molecule has 0 aliphatic carbocycles. The van der Waals surface area contributed by atoms with Gasteiger partial charge in [-0.1, -0.05) is 32.0 Å². The molecule has 0 aliphatic rings. The van der Waals surface area contributed by atoms with E-state index in [-0.39, 0.29) is 11.8 Å². The van der Waals surface area contributed by atoms with Crippen LogP contribution in [0.25, 0.3) is 0 Å². The van der Waals surface area contributed by atoms with Crippen LogP contribution in [-0.4, -0.2) is 10.9 Å². The van der Waals surface area contributed by atoms with Gasteiger partial charge in [0.1, 0.15) is 5.76 Å². The molecule has 0 fully saturated rings. The summed E-state index contributed by atoms with van der Waals surface area (Å²) >= 11 is 0. The Bertz CT molecular complexity index is 600. The first-order valence-electron chi connectivity index (χ1n) is 6.32. The molecule has 4 nitrogen and oxygen atoms in total. The quantitative estimate of drug-likeness (QED) is 0.913. The van der Waals surface area contributed by atoms with E-state index in [4.69, 9.17) is 4.42 Å². The van der Waals surface area contributed by atoms with Gasteiger partial charge in [0.2, 0.25) is 0 Å². The fraction of sp³-hybridized carbons (Fsp3) is 0.333. The van der Waals surface area contributed by atoms with Crippen LogP contribution in [0, 0.1) is 13.8 Å². The molecule has 0 unspecified atom stereocenters. The van der Waals surface area contributed by atoms with E-state index in [1.165, 1.54) is 6.20 Å². The standard InChI is InChI=1S/C15H18N2O2/c1-9(2)12-7-5-6-10(3)13(12)17-14(18)15-16-8-11(4)19-15/h5-9H,1-4H3,(H,17,18). The smallest absolute Gasteiger partial charge is 0.311 e. The van der Waals surface area contributed by atoms with Crippen LogP contribution in [0.5, 0.6) is 0 Å². The van der Waals surface area contributed by atoms with Crippen molar-refractivity contribution in [3.8, 4) is 0 Å². The summed E-state index contributed by atoms with van der Waals surface area (Å²) in [4.78, 5) is 16.0. The van der Waals surface area contributed by atoms with Gasteiger partial charge in [0.15, 0.2) is 0 Å². The number of hydrogen-bond acceptors (Lipinski definition) is 3. The molecular formula is C15H18N2O2. The van der Waals surface area contributed by atoms with Crippen molar-refractivity contribution < 1.29 is 9.21 Å². The van der Waals surface area contributed by atoms with E-state index in [0.717, 1.165) is 16.8 Å². The minimum atomic E-state index is -0.315. The highest BCUT2D eigenvalue weighted by molar-refractivity contribution is 6.01. The number of carbonyl (C=O) groups excluding carboxylic acids is 1. The van der Waals surface area contributed by atoms with E-state index in [0.29, 0.717) is 11.7 Å². The van der Waals surface area contributed by atoms with E-state index in [1.807, 2.05) is 25.1 Å². The summed E-state index contributed by atoms with van der Waals surface area (Å²) in [5.74, 6) is 0.736. The number of aromatic nitrogens is 1. The van der Waals surface area contributed by atoms with E-state index in [1.54, 1.807) is 6.92 Å². The van der Waals surface area contributed by atoms with Gasteiger partial charge in [-0.05, 0) is 30.9 Å².